The molecule has 18 heavy (non-hydrogen) atoms. The van der Waals surface area contributed by atoms with Crippen molar-refractivity contribution in [3.05, 3.63) is 63.3 Å². The summed E-state index contributed by atoms with van der Waals surface area (Å²) in [5, 5.41) is 0.698. The van der Waals surface area contributed by atoms with Gasteiger partial charge in [-0.05, 0) is 33.6 Å². The maximum atomic E-state index is 6.02. The Morgan fingerprint density at radius 1 is 1.17 bits per heavy atom. The lowest BCUT2D eigenvalue weighted by Gasteiger charge is -1.96. The fraction of sp³-hybridized carbons (Fsp3) is 0.0714. The molecule has 90 valence electrons. The number of rotatable bonds is 2. The Balaban J connectivity index is 2.01. The van der Waals surface area contributed by atoms with Gasteiger partial charge in [-0.25, -0.2) is 4.98 Å². The topological polar surface area (TPSA) is 28.7 Å². The van der Waals surface area contributed by atoms with Gasteiger partial charge in [0.1, 0.15) is 11.3 Å². The van der Waals surface area contributed by atoms with Crippen molar-refractivity contribution in [3.63, 3.8) is 0 Å². The van der Waals surface area contributed by atoms with Gasteiger partial charge >= 0.3 is 0 Å². The van der Waals surface area contributed by atoms with E-state index in [2.05, 4.69) is 38.0 Å². The van der Waals surface area contributed by atoms with Crippen LogP contribution in [0, 0.1) is 0 Å². The maximum Gasteiger partial charge on any atom is 0.111 e. The summed E-state index contributed by atoms with van der Waals surface area (Å²) in [4.78, 5) is 7.89. The van der Waals surface area contributed by atoms with Crippen LogP contribution < -0.4 is 0 Å². The predicted octanol–water partition coefficient (Wildman–Crippen LogP) is 4.57. The fourth-order valence-corrected chi connectivity index (χ4v) is 2.87. The Bertz CT molecular complexity index is 692. The van der Waals surface area contributed by atoms with Gasteiger partial charge in [-0.2, -0.15) is 0 Å². The van der Waals surface area contributed by atoms with Gasteiger partial charge in [-0.3, -0.25) is 0 Å². The summed E-state index contributed by atoms with van der Waals surface area (Å²) in [6, 6.07) is 14.0. The monoisotopic (exact) mass is 320 g/mol. The summed E-state index contributed by atoms with van der Waals surface area (Å²) < 4.78 is 0.917. The zero-order valence-corrected chi connectivity index (χ0v) is 11.8. The number of aromatic nitrogens is 2. The maximum absolute atomic E-state index is 6.02. The molecule has 3 rings (SSSR count). The smallest absolute Gasteiger partial charge is 0.111 e. The third-order valence-corrected chi connectivity index (χ3v) is 3.59. The van der Waals surface area contributed by atoms with Crippen molar-refractivity contribution in [2.24, 2.45) is 0 Å². The molecule has 0 aliphatic rings. The summed E-state index contributed by atoms with van der Waals surface area (Å²) in [5.41, 5.74) is 3.12. The minimum Gasteiger partial charge on any atom is -0.342 e. The number of nitrogens with zero attached hydrogens (tertiary/aromatic N) is 1. The Morgan fingerprint density at radius 3 is 2.72 bits per heavy atom. The second-order valence-corrected chi connectivity index (χ2v) is 5.42. The molecule has 0 atom stereocenters. The van der Waals surface area contributed by atoms with Crippen LogP contribution in [0.3, 0.4) is 0 Å². The van der Waals surface area contributed by atoms with E-state index in [0.29, 0.717) is 5.02 Å². The summed E-state index contributed by atoms with van der Waals surface area (Å²) in [7, 11) is 0. The zero-order valence-electron chi connectivity index (χ0n) is 9.45. The van der Waals surface area contributed by atoms with Crippen LogP contribution >= 0.6 is 27.5 Å². The average Bonchev–Trinajstić information content (AvgIpc) is 2.73. The highest BCUT2D eigenvalue weighted by Crippen LogP contribution is 2.27. The third kappa shape index (κ3) is 2.28. The Kier molecular flexibility index (Phi) is 3.10. The SMILES string of the molecule is Clc1cc(Br)c2nc(Cc3ccccc3)[nH]c2c1. The van der Waals surface area contributed by atoms with Gasteiger partial charge in [0.25, 0.3) is 0 Å². The fourth-order valence-electron chi connectivity index (χ4n) is 1.97. The number of hydrogen-bond acceptors (Lipinski definition) is 1. The minimum absolute atomic E-state index is 0.698. The van der Waals surface area contributed by atoms with Crippen LogP contribution in [0.5, 0.6) is 0 Å². The zero-order chi connectivity index (χ0) is 12.5. The third-order valence-electron chi connectivity index (χ3n) is 2.77. The molecule has 0 saturated heterocycles. The molecule has 1 aromatic heterocycles. The standard InChI is InChI=1S/C14H10BrClN2/c15-11-7-10(16)8-12-14(11)18-13(17-12)6-9-4-2-1-3-5-9/h1-5,7-8H,6H2,(H,17,18). The van der Waals surface area contributed by atoms with Crippen LogP contribution in [-0.4, -0.2) is 9.97 Å². The van der Waals surface area contributed by atoms with Crippen molar-refractivity contribution in [2.45, 2.75) is 6.42 Å². The van der Waals surface area contributed by atoms with Gasteiger partial charge < -0.3 is 4.98 Å². The first-order chi connectivity index (χ1) is 8.72. The van der Waals surface area contributed by atoms with Gasteiger partial charge in [0.05, 0.1) is 5.52 Å². The first kappa shape index (κ1) is 11.8. The molecule has 0 amide bonds. The Hall–Kier alpha value is -1.32. The number of fused-ring (bicyclic) bond motifs is 1. The van der Waals surface area contributed by atoms with E-state index in [9.17, 15) is 0 Å². The molecular formula is C14H10BrClN2. The lowest BCUT2D eigenvalue weighted by atomic mass is 10.1. The van der Waals surface area contributed by atoms with E-state index in [1.54, 1.807) is 0 Å². The number of imidazole rings is 1. The van der Waals surface area contributed by atoms with Crippen LogP contribution in [0.1, 0.15) is 11.4 Å². The molecule has 3 aromatic rings. The van der Waals surface area contributed by atoms with Gasteiger partial charge in [-0.1, -0.05) is 41.9 Å². The molecular weight excluding hydrogens is 312 g/mol. The van der Waals surface area contributed by atoms with E-state index < -0.39 is 0 Å². The molecule has 0 unspecified atom stereocenters. The van der Waals surface area contributed by atoms with Crippen LogP contribution in [-0.2, 0) is 6.42 Å². The van der Waals surface area contributed by atoms with Gasteiger partial charge in [0.15, 0.2) is 0 Å². The molecule has 0 radical (unpaired) electrons. The minimum atomic E-state index is 0.698. The van der Waals surface area contributed by atoms with E-state index in [1.165, 1.54) is 5.56 Å². The van der Waals surface area contributed by atoms with Gasteiger partial charge in [0.2, 0.25) is 0 Å². The Labute approximate surface area is 118 Å². The molecule has 0 spiro atoms. The van der Waals surface area contributed by atoms with E-state index in [-0.39, 0.29) is 0 Å². The van der Waals surface area contributed by atoms with Crippen molar-refractivity contribution in [1.29, 1.82) is 0 Å². The average molecular weight is 322 g/mol. The van der Waals surface area contributed by atoms with Crippen molar-refractivity contribution in [3.8, 4) is 0 Å². The summed E-state index contributed by atoms with van der Waals surface area (Å²) in [5.74, 6) is 0.944. The Morgan fingerprint density at radius 2 is 1.94 bits per heavy atom. The first-order valence-electron chi connectivity index (χ1n) is 5.60. The van der Waals surface area contributed by atoms with E-state index >= 15 is 0 Å². The molecule has 2 nitrogen and oxygen atoms in total. The van der Waals surface area contributed by atoms with Crippen LogP contribution in [0.15, 0.2) is 46.9 Å². The second-order valence-electron chi connectivity index (χ2n) is 4.13. The number of H-pyrrole nitrogens is 1. The lowest BCUT2D eigenvalue weighted by molar-refractivity contribution is 1.04. The number of nitrogens with one attached hydrogen (secondary N) is 1. The molecule has 4 heteroatoms. The first-order valence-corrected chi connectivity index (χ1v) is 6.77. The second kappa shape index (κ2) is 4.75. The molecule has 1 heterocycles. The molecule has 1 N–H and O–H groups in total. The number of halogens is 2. The largest absolute Gasteiger partial charge is 0.342 e. The van der Waals surface area contributed by atoms with Crippen molar-refractivity contribution in [1.82, 2.24) is 9.97 Å². The number of aromatic amines is 1. The summed E-state index contributed by atoms with van der Waals surface area (Å²) >= 11 is 9.50. The molecule has 0 aliphatic heterocycles. The molecule has 2 aromatic carbocycles. The molecule has 0 saturated carbocycles. The summed E-state index contributed by atoms with van der Waals surface area (Å²) in [6.45, 7) is 0. The lowest BCUT2D eigenvalue weighted by Crippen LogP contribution is -1.89. The van der Waals surface area contributed by atoms with Crippen molar-refractivity contribution < 1.29 is 0 Å². The van der Waals surface area contributed by atoms with E-state index in [1.807, 2.05) is 30.3 Å². The predicted molar refractivity (Wildman–Crippen MR) is 78.1 cm³/mol. The van der Waals surface area contributed by atoms with Crippen LogP contribution in [0.25, 0.3) is 11.0 Å². The normalized spacial score (nSPS) is 11.0. The van der Waals surface area contributed by atoms with Gasteiger partial charge in [0, 0.05) is 15.9 Å². The van der Waals surface area contributed by atoms with Crippen LogP contribution in [0.2, 0.25) is 5.02 Å². The highest BCUT2D eigenvalue weighted by Gasteiger charge is 2.07. The molecule has 0 aliphatic carbocycles. The number of benzene rings is 2. The van der Waals surface area contributed by atoms with Crippen LogP contribution in [0.4, 0.5) is 0 Å². The highest BCUT2D eigenvalue weighted by atomic mass is 79.9. The number of hydrogen-bond donors (Lipinski definition) is 1. The van der Waals surface area contributed by atoms with Crippen molar-refractivity contribution >= 4 is 38.6 Å². The molecule has 0 bridgehead atoms. The summed E-state index contributed by atoms with van der Waals surface area (Å²) in [6.07, 6.45) is 0.791. The van der Waals surface area contributed by atoms with Gasteiger partial charge in [-0.15, -0.1) is 0 Å². The van der Waals surface area contributed by atoms with Crippen molar-refractivity contribution in [2.75, 3.05) is 0 Å². The quantitative estimate of drug-likeness (QED) is 0.736. The molecule has 0 fully saturated rings. The van der Waals surface area contributed by atoms with E-state index in [0.717, 1.165) is 27.8 Å². The van der Waals surface area contributed by atoms with E-state index in [4.69, 9.17) is 11.6 Å². The highest BCUT2D eigenvalue weighted by molar-refractivity contribution is 9.10.